The van der Waals surface area contributed by atoms with E-state index in [0.717, 1.165) is 16.9 Å². The molecule has 4 aliphatic rings. The summed E-state index contributed by atoms with van der Waals surface area (Å²) < 4.78 is 2.23. The Morgan fingerprint density at radius 2 is 1.23 bits per heavy atom. The monoisotopic (exact) mass is 632 g/mol. The third-order valence-corrected chi connectivity index (χ3v) is 8.10. The van der Waals surface area contributed by atoms with Gasteiger partial charge in [0.25, 0.3) is 0 Å². The van der Waals surface area contributed by atoms with Gasteiger partial charge in [0, 0.05) is 17.8 Å². The highest BCUT2D eigenvalue weighted by Gasteiger charge is 2.47. The first-order valence-electron chi connectivity index (χ1n) is 11.0. The minimum atomic E-state index is 0. The highest BCUT2D eigenvalue weighted by Crippen LogP contribution is 2.55. The summed E-state index contributed by atoms with van der Waals surface area (Å²) in [4.78, 5) is 0. The van der Waals surface area contributed by atoms with Crippen LogP contribution in [0, 0.1) is 5.92 Å². The lowest BCUT2D eigenvalue weighted by Crippen LogP contribution is -3.00. The van der Waals surface area contributed by atoms with Crippen molar-refractivity contribution in [3.8, 4) is 0 Å². The van der Waals surface area contributed by atoms with E-state index in [4.69, 9.17) is 0 Å². The van der Waals surface area contributed by atoms with Gasteiger partial charge in [-0.1, -0.05) is 48.5 Å². The predicted molar refractivity (Wildman–Crippen MR) is 113 cm³/mol. The summed E-state index contributed by atoms with van der Waals surface area (Å²) in [6, 6.07) is 18.4. The van der Waals surface area contributed by atoms with Crippen LogP contribution < -0.4 is 48.0 Å². The van der Waals surface area contributed by atoms with E-state index in [2.05, 4.69) is 62.6 Å². The molecule has 0 radical (unpaired) electrons. The van der Waals surface area contributed by atoms with Crippen molar-refractivity contribution in [2.24, 2.45) is 5.92 Å². The molecule has 1 aliphatic heterocycles. The molecule has 0 aromatic heterocycles. The van der Waals surface area contributed by atoms with Crippen molar-refractivity contribution in [2.45, 2.75) is 18.3 Å². The Balaban J connectivity index is 0.00000128. The van der Waals surface area contributed by atoms with Gasteiger partial charge < -0.3 is 62.0 Å². The zero-order valence-corrected chi connectivity index (χ0v) is 22.4. The fourth-order valence-corrected chi connectivity index (χ4v) is 6.34. The maximum atomic E-state index is 9.41. The molecule has 0 amide bonds. The highest BCUT2D eigenvalue weighted by atomic mass is 127. The number of hydrogen-bond donors (Lipinski definition) is 1. The fourth-order valence-electron chi connectivity index (χ4n) is 6.34. The third kappa shape index (κ3) is 4.21. The molecule has 2 bridgehead atoms. The van der Waals surface area contributed by atoms with Crippen molar-refractivity contribution in [3.05, 3.63) is 70.8 Å². The molecule has 5 heteroatoms. The standard InChI is InChI=1S/C25H34N2O.2HI/c1-26(15-16-28)11-13-27(2,14-12-26)18-19-17-24-20-7-3-5-9-22(20)25(19)23-10-6-4-8-21(23)24;;/h3-10,19,24-25,28H,11-18H2,1-2H3;2*1H/q+2;;/p-2. The molecule has 1 unspecified atom stereocenters. The smallest absolute Gasteiger partial charge is 0.129 e. The van der Waals surface area contributed by atoms with Crippen molar-refractivity contribution in [3.63, 3.8) is 0 Å². The van der Waals surface area contributed by atoms with Crippen LogP contribution in [0.2, 0.25) is 0 Å². The Morgan fingerprint density at radius 3 is 1.73 bits per heavy atom. The average molecular weight is 632 g/mol. The van der Waals surface area contributed by atoms with E-state index in [1.807, 2.05) is 0 Å². The Labute approximate surface area is 215 Å². The van der Waals surface area contributed by atoms with E-state index in [0.29, 0.717) is 18.4 Å². The summed E-state index contributed by atoms with van der Waals surface area (Å²) in [6.07, 6.45) is 1.30. The number of hydrogen-bond acceptors (Lipinski definition) is 1. The van der Waals surface area contributed by atoms with E-state index in [9.17, 15) is 5.11 Å². The third-order valence-electron chi connectivity index (χ3n) is 8.10. The topological polar surface area (TPSA) is 20.2 Å². The summed E-state index contributed by atoms with van der Waals surface area (Å²) >= 11 is 0. The van der Waals surface area contributed by atoms with Gasteiger partial charge in [-0.25, -0.2) is 0 Å². The zero-order valence-electron chi connectivity index (χ0n) is 18.1. The SMILES string of the molecule is C[N+]1(CCO)CC[N+](C)(CC2CC3c4ccccc4C2c2ccccc23)CC1.[I-].[I-]. The van der Waals surface area contributed by atoms with Gasteiger partial charge in [0.1, 0.15) is 32.7 Å². The van der Waals surface area contributed by atoms with Gasteiger partial charge in [-0.05, 0) is 28.7 Å². The van der Waals surface area contributed by atoms with Crippen LogP contribution in [0.25, 0.3) is 0 Å². The van der Waals surface area contributed by atoms with Gasteiger partial charge in [0.2, 0.25) is 0 Å². The quantitative estimate of drug-likeness (QED) is 0.286. The second kappa shape index (κ2) is 9.33. The van der Waals surface area contributed by atoms with Crippen LogP contribution in [-0.2, 0) is 0 Å². The molecular weight excluding hydrogens is 598 g/mol. The molecule has 1 saturated heterocycles. The first kappa shape index (κ1) is 24.4. The summed E-state index contributed by atoms with van der Waals surface area (Å²) in [6.45, 7) is 7.31. The fraction of sp³-hybridized carbons (Fsp3) is 0.520. The molecule has 164 valence electrons. The molecule has 2 aromatic carbocycles. The van der Waals surface area contributed by atoms with Crippen molar-refractivity contribution >= 4 is 0 Å². The number of aliphatic hydroxyl groups excluding tert-OH is 1. The zero-order chi connectivity index (χ0) is 19.4. The molecule has 0 spiro atoms. The molecule has 3 aliphatic carbocycles. The van der Waals surface area contributed by atoms with E-state index >= 15 is 0 Å². The van der Waals surface area contributed by atoms with Gasteiger partial charge in [-0.2, -0.15) is 0 Å². The van der Waals surface area contributed by atoms with Crippen molar-refractivity contribution in [1.29, 1.82) is 0 Å². The Hall–Kier alpha value is -0.220. The number of rotatable bonds is 4. The molecule has 0 saturated carbocycles. The lowest BCUT2D eigenvalue weighted by Gasteiger charge is -2.51. The first-order chi connectivity index (χ1) is 13.5. The number of nitrogens with zero attached hydrogens (tertiary/aromatic N) is 2. The lowest BCUT2D eigenvalue weighted by atomic mass is 9.59. The Kier molecular flexibility index (Phi) is 7.60. The maximum Gasteiger partial charge on any atom is 0.129 e. The average Bonchev–Trinajstić information content (AvgIpc) is 2.71. The molecule has 1 N–H and O–H groups in total. The normalized spacial score (nSPS) is 33.6. The highest BCUT2D eigenvalue weighted by molar-refractivity contribution is 5.55. The molecule has 2 aromatic rings. The lowest BCUT2D eigenvalue weighted by molar-refractivity contribution is -1.02. The van der Waals surface area contributed by atoms with E-state index in [1.54, 1.807) is 22.3 Å². The molecule has 6 rings (SSSR count). The number of fused-ring (bicyclic) bond motifs is 1. The van der Waals surface area contributed by atoms with Gasteiger partial charge in [-0.3, -0.25) is 0 Å². The second-order valence-electron chi connectivity index (χ2n) is 10.0. The number of benzene rings is 2. The van der Waals surface area contributed by atoms with Crippen LogP contribution in [0.5, 0.6) is 0 Å². The van der Waals surface area contributed by atoms with Crippen molar-refractivity contribution < 1.29 is 62.0 Å². The van der Waals surface area contributed by atoms with E-state index in [-0.39, 0.29) is 48.0 Å². The number of quaternary nitrogens is 2. The molecule has 1 heterocycles. The Bertz CT molecular complexity index is 831. The summed E-state index contributed by atoms with van der Waals surface area (Å²) in [5.74, 6) is 1.87. The first-order valence-corrected chi connectivity index (χ1v) is 11.0. The van der Waals surface area contributed by atoms with Gasteiger partial charge in [0.05, 0.1) is 27.2 Å². The molecule has 3 nitrogen and oxygen atoms in total. The summed E-state index contributed by atoms with van der Waals surface area (Å²) in [5.41, 5.74) is 6.34. The van der Waals surface area contributed by atoms with Gasteiger partial charge in [-0.15, -0.1) is 0 Å². The number of likely N-dealkylation sites (N-methyl/N-ethyl adjacent to an activating group) is 2. The van der Waals surface area contributed by atoms with Crippen LogP contribution in [0.1, 0.15) is 40.5 Å². The Morgan fingerprint density at radius 1 is 0.767 bits per heavy atom. The molecule has 30 heavy (non-hydrogen) atoms. The second-order valence-corrected chi connectivity index (χ2v) is 10.0. The molecular formula is C25H34I2N2O. The van der Waals surface area contributed by atoms with E-state index in [1.165, 1.54) is 43.6 Å². The molecule has 1 fully saturated rings. The van der Waals surface area contributed by atoms with Crippen molar-refractivity contribution in [2.75, 3.05) is 60.0 Å². The maximum absolute atomic E-state index is 9.41. The number of halogens is 2. The summed E-state index contributed by atoms with van der Waals surface area (Å²) in [5, 5.41) is 9.41. The van der Waals surface area contributed by atoms with Crippen molar-refractivity contribution in [1.82, 2.24) is 0 Å². The molecule has 1 atom stereocenters. The predicted octanol–water partition coefficient (Wildman–Crippen LogP) is -2.81. The van der Waals surface area contributed by atoms with Crippen LogP contribution in [0.15, 0.2) is 48.5 Å². The summed E-state index contributed by atoms with van der Waals surface area (Å²) in [7, 11) is 4.79. The number of piperazine rings is 1. The van der Waals surface area contributed by atoms with Gasteiger partial charge >= 0.3 is 0 Å². The minimum Gasteiger partial charge on any atom is -1.00 e. The minimum absolute atomic E-state index is 0. The van der Waals surface area contributed by atoms with Gasteiger partial charge in [0.15, 0.2) is 0 Å². The van der Waals surface area contributed by atoms with Crippen LogP contribution in [0.3, 0.4) is 0 Å². The van der Waals surface area contributed by atoms with Crippen LogP contribution >= 0.6 is 0 Å². The van der Waals surface area contributed by atoms with Crippen LogP contribution in [-0.4, -0.2) is 74.0 Å². The number of aliphatic hydroxyl groups is 1. The largest absolute Gasteiger partial charge is 1.00 e. The van der Waals surface area contributed by atoms with Crippen LogP contribution in [0.4, 0.5) is 0 Å². The van der Waals surface area contributed by atoms with E-state index < -0.39 is 0 Å².